The van der Waals surface area contributed by atoms with Crippen LogP contribution in [0.1, 0.15) is 5.69 Å². The van der Waals surface area contributed by atoms with Crippen molar-refractivity contribution >= 4 is 11.8 Å². The number of nitrogens with zero attached hydrogens (tertiary/aromatic N) is 2. The van der Waals surface area contributed by atoms with Gasteiger partial charge in [-0.1, -0.05) is 0 Å². The summed E-state index contributed by atoms with van der Waals surface area (Å²) in [5.41, 5.74) is 5.65. The van der Waals surface area contributed by atoms with E-state index in [0.717, 1.165) is 0 Å². The second-order valence-electron chi connectivity index (χ2n) is 2.00. The van der Waals surface area contributed by atoms with Gasteiger partial charge in [0.2, 0.25) is 0 Å². The van der Waals surface area contributed by atoms with Crippen molar-refractivity contribution in [1.82, 2.24) is 9.97 Å². The zero-order valence-electron chi connectivity index (χ0n) is 5.69. The molecule has 5 heteroatoms. The molecule has 1 heterocycles. The van der Waals surface area contributed by atoms with Gasteiger partial charge in [0.15, 0.2) is 0 Å². The van der Waals surface area contributed by atoms with Gasteiger partial charge in [-0.2, -0.15) is 0 Å². The van der Waals surface area contributed by atoms with Crippen LogP contribution in [0.4, 0.5) is 5.82 Å². The van der Waals surface area contributed by atoms with Gasteiger partial charge in [0, 0.05) is 0 Å². The predicted molar refractivity (Wildman–Crippen MR) is 37.8 cm³/mol. The molecule has 0 fully saturated rings. The van der Waals surface area contributed by atoms with Crippen molar-refractivity contribution in [3.63, 3.8) is 0 Å². The Morgan fingerprint density at radius 3 is 2.73 bits per heavy atom. The lowest BCUT2D eigenvalue weighted by atomic mass is 10.3. The number of aliphatic carboxylic acids is 1. The molecule has 0 aliphatic carbocycles. The number of aromatic nitrogens is 2. The number of carboxylic acids is 1. The highest BCUT2D eigenvalue weighted by atomic mass is 16.4. The number of nitrogen functional groups attached to an aromatic ring is 1. The van der Waals surface area contributed by atoms with Crippen molar-refractivity contribution in [2.45, 2.75) is 6.42 Å². The molecule has 0 atom stereocenters. The number of rotatable bonds is 2. The molecule has 0 bridgehead atoms. The number of anilines is 1. The lowest BCUT2D eigenvalue weighted by molar-refractivity contribution is -0.136. The van der Waals surface area contributed by atoms with E-state index in [0.29, 0.717) is 11.5 Å². The highest BCUT2D eigenvalue weighted by Gasteiger charge is 2.00. The van der Waals surface area contributed by atoms with Crippen LogP contribution in [0.25, 0.3) is 0 Å². The van der Waals surface area contributed by atoms with Crippen LogP contribution in [0.5, 0.6) is 0 Å². The Balaban J connectivity index is 2.74. The van der Waals surface area contributed by atoms with Crippen LogP contribution in [0.3, 0.4) is 0 Å². The molecule has 58 valence electrons. The quantitative estimate of drug-likeness (QED) is 0.608. The minimum absolute atomic E-state index is 0.118. The van der Waals surface area contributed by atoms with Gasteiger partial charge >= 0.3 is 5.97 Å². The average Bonchev–Trinajstić information content (AvgIpc) is 1.93. The van der Waals surface area contributed by atoms with Crippen molar-refractivity contribution in [3.05, 3.63) is 18.1 Å². The number of nitrogens with two attached hydrogens (primary N) is 1. The maximum absolute atomic E-state index is 10.2. The first kappa shape index (κ1) is 7.46. The summed E-state index contributed by atoms with van der Waals surface area (Å²) < 4.78 is 0. The minimum atomic E-state index is -0.927. The monoisotopic (exact) mass is 153 g/mol. The van der Waals surface area contributed by atoms with E-state index in [-0.39, 0.29) is 6.42 Å². The molecule has 3 N–H and O–H groups in total. The summed E-state index contributed by atoms with van der Waals surface area (Å²) >= 11 is 0. The SMILES string of the molecule is Nc1cnc(CC(=O)O)cn1. The van der Waals surface area contributed by atoms with Gasteiger partial charge in [-0.15, -0.1) is 0 Å². The molecule has 0 amide bonds. The minimum Gasteiger partial charge on any atom is -0.481 e. The fourth-order valence-corrected chi connectivity index (χ4v) is 0.611. The summed E-state index contributed by atoms with van der Waals surface area (Å²) in [6.45, 7) is 0. The molecule has 0 aliphatic heterocycles. The molecular formula is C6H7N3O2. The molecular weight excluding hydrogens is 146 g/mol. The second kappa shape index (κ2) is 2.96. The van der Waals surface area contributed by atoms with E-state index >= 15 is 0 Å². The Morgan fingerprint density at radius 2 is 2.27 bits per heavy atom. The van der Waals surface area contributed by atoms with Crippen LogP contribution in [0.15, 0.2) is 12.4 Å². The highest BCUT2D eigenvalue weighted by Crippen LogP contribution is 1.96. The average molecular weight is 153 g/mol. The van der Waals surface area contributed by atoms with Crippen molar-refractivity contribution in [2.75, 3.05) is 5.73 Å². The molecule has 1 aromatic rings. The van der Waals surface area contributed by atoms with Crippen LogP contribution in [0.2, 0.25) is 0 Å². The Labute approximate surface area is 62.9 Å². The topological polar surface area (TPSA) is 89.1 Å². The first-order valence-corrected chi connectivity index (χ1v) is 2.96. The van der Waals surface area contributed by atoms with E-state index in [4.69, 9.17) is 10.8 Å². The van der Waals surface area contributed by atoms with E-state index in [1.165, 1.54) is 12.4 Å². The largest absolute Gasteiger partial charge is 0.481 e. The van der Waals surface area contributed by atoms with Gasteiger partial charge < -0.3 is 10.8 Å². The Bertz CT molecular complexity index is 257. The van der Waals surface area contributed by atoms with Crippen LogP contribution in [-0.4, -0.2) is 21.0 Å². The Morgan fingerprint density at radius 1 is 1.55 bits per heavy atom. The van der Waals surface area contributed by atoms with Gasteiger partial charge in [-0.05, 0) is 0 Å². The molecule has 0 saturated heterocycles. The third-order valence-corrected chi connectivity index (χ3v) is 1.06. The van der Waals surface area contributed by atoms with Crippen molar-refractivity contribution in [1.29, 1.82) is 0 Å². The van der Waals surface area contributed by atoms with Gasteiger partial charge in [0.05, 0.1) is 24.5 Å². The smallest absolute Gasteiger partial charge is 0.309 e. The Hall–Kier alpha value is -1.65. The van der Waals surface area contributed by atoms with E-state index < -0.39 is 5.97 Å². The second-order valence-corrected chi connectivity index (χ2v) is 2.00. The fraction of sp³-hybridized carbons (Fsp3) is 0.167. The number of carboxylic acid groups (broad SMARTS) is 1. The summed E-state index contributed by atoms with van der Waals surface area (Å²) in [6, 6.07) is 0. The van der Waals surface area contributed by atoms with Crippen molar-refractivity contribution in [2.24, 2.45) is 0 Å². The first-order chi connectivity index (χ1) is 5.18. The third-order valence-electron chi connectivity index (χ3n) is 1.06. The standard InChI is InChI=1S/C6H7N3O2/c7-5-3-8-4(2-9-5)1-6(10)11/h2-3H,1H2,(H2,7,9)(H,10,11). The fourth-order valence-electron chi connectivity index (χ4n) is 0.611. The van der Waals surface area contributed by atoms with Crippen molar-refractivity contribution in [3.8, 4) is 0 Å². The molecule has 0 radical (unpaired) electrons. The first-order valence-electron chi connectivity index (χ1n) is 2.96. The van der Waals surface area contributed by atoms with Crippen LogP contribution in [0, 0.1) is 0 Å². The molecule has 0 saturated carbocycles. The molecule has 5 nitrogen and oxygen atoms in total. The maximum atomic E-state index is 10.2. The molecule has 1 rings (SSSR count). The van der Waals surface area contributed by atoms with Crippen LogP contribution < -0.4 is 5.73 Å². The normalized spacial score (nSPS) is 9.45. The van der Waals surface area contributed by atoms with Crippen LogP contribution >= 0.6 is 0 Å². The van der Waals surface area contributed by atoms with E-state index in [1.54, 1.807) is 0 Å². The van der Waals surface area contributed by atoms with E-state index in [2.05, 4.69) is 9.97 Å². The molecule has 0 aliphatic rings. The molecule has 0 aromatic carbocycles. The summed E-state index contributed by atoms with van der Waals surface area (Å²) in [5.74, 6) is -0.636. The van der Waals surface area contributed by atoms with Gasteiger partial charge in [0.25, 0.3) is 0 Å². The zero-order valence-corrected chi connectivity index (χ0v) is 5.69. The highest BCUT2D eigenvalue weighted by molar-refractivity contribution is 5.69. The zero-order chi connectivity index (χ0) is 8.27. The number of hydrogen-bond acceptors (Lipinski definition) is 4. The lowest BCUT2D eigenvalue weighted by Gasteiger charge is -1.94. The summed E-state index contributed by atoms with van der Waals surface area (Å²) in [6.07, 6.45) is 2.56. The lowest BCUT2D eigenvalue weighted by Crippen LogP contribution is -2.03. The van der Waals surface area contributed by atoms with Gasteiger partial charge in [-0.25, -0.2) is 4.98 Å². The van der Waals surface area contributed by atoms with Gasteiger partial charge in [0.1, 0.15) is 5.82 Å². The number of carbonyl (C=O) groups is 1. The maximum Gasteiger partial charge on any atom is 0.309 e. The number of hydrogen-bond donors (Lipinski definition) is 2. The molecule has 0 unspecified atom stereocenters. The van der Waals surface area contributed by atoms with Gasteiger partial charge in [-0.3, -0.25) is 9.78 Å². The molecule has 1 aromatic heterocycles. The molecule has 11 heavy (non-hydrogen) atoms. The third kappa shape index (κ3) is 2.21. The molecule has 0 spiro atoms. The summed E-state index contributed by atoms with van der Waals surface area (Å²) in [4.78, 5) is 17.6. The predicted octanol–water partition coefficient (Wildman–Crippen LogP) is -0.314. The Kier molecular flexibility index (Phi) is 2.00. The summed E-state index contributed by atoms with van der Waals surface area (Å²) in [5, 5.41) is 8.34. The van der Waals surface area contributed by atoms with E-state index in [9.17, 15) is 4.79 Å². The van der Waals surface area contributed by atoms with Crippen molar-refractivity contribution < 1.29 is 9.90 Å². The van der Waals surface area contributed by atoms with E-state index in [1.807, 2.05) is 0 Å². The summed E-state index contributed by atoms with van der Waals surface area (Å²) in [7, 11) is 0. The van der Waals surface area contributed by atoms with Crippen LogP contribution in [-0.2, 0) is 11.2 Å².